The molecule has 2 unspecified atom stereocenters. The Kier molecular flexibility index (Phi) is 15.3. The average Bonchev–Trinajstić information content (AvgIpc) is 3.24. The quantitative estimate of drug-likeness (QED) is 0.102. The highest BCUT2D eigenvalue weighted by Gasteiger charge is 2.50. The molecule has 0 bridgehead atoms. The van der Waals surface area contributed by atoms with Gasteiger partial charge in [-0.3, -0.25) is 19.2 Å². The molecule has 3 aliphatic carbocycles. The van der Waals surface area contributed by atoms with Gasteiger partial charge in [0.1, 0.15) is 35.6 Å². The lowest BCUT2D eigenvalue weighted by Crippen LogP contribution is -2.56. The Labute approximate surface area is 356 Å². The van der Waals surface area contributed by atoms with E-state index in [1.54, 1.807) is 6.92 Å². The number of phenolic OH excluding ortho intramolecular Hbond substituents is 2. The Morgan fingerprint density at radius 2 is 1.48 bits per heavy atom. The minimum absolute atomic E-state index is 0.0349. The van der Waals surface area contributed by atoms with Crippen LogP contribution in [0, 0.1) is 5.41 Å². The molecular weight excluding hydrogens is 790 g/mol. The number of amides is 1. The highest BCUT2D eigenvalue weighted by molar-refractivity contribution is 6.31. The van der Waals surface area contributed by atoms with E-state index in [0.717, 1.165) is 51.4 Å². The van der Waals surface area contributed by atoms with Crippen LogP contribution in [0.5, 0.6) is 17.2 Å². The van der Waals surface area contributed by atoms with Gasteiger partial charge in [-0.25, -0.2) is 0 Å². The minimum Gasteiger partial charge on any atom is -0.507 e. The van der Waals surface area contributed by atoms with Gasteiger partial charge in [-0.15, -0.1) is 0 Å². The van der Waals surface area contributed by atoms with Gasteiger partial charge in [0, 0.05) is 47.8 Å². The van der Waals surface area contributed by atoms with E-state index in [1.165, 1.54) is 51.0 Å². The van der Waals surface area contributed by atoms with Crippen LogP contribution in [0.4, 0.5) is 0 Å². The van der Waals surface area contributed by atoms with E-state index in [1.807, 2.05) is 0 Å². The molecule has 0 radical (unpaired) electrons. The first-order chi connectivity index (χ1) is 29.2. The Morgan fingerprint density at radius 3 is 2.05 bits per heavy atom. The molecular formula is C46H63NO14. The van der Waals surface area contributed by atoms with Gasteiger partial charge in [-0.2, -0.15) is 0 Å². The number of aliphatic hydroxyl groups is 5. The Hall–Kier alpha value is -3.96. The highest BCUT2D eigenvalue weighted by atomic mass is 16.7. The molecule has 2 fully saturated rings. The zero-order valence-electron chi connectivity index (χ0n) is 35.3. The predicted octanol–water partition coefficient (Wildman–Crippen LogP) is 4.71. The van der Waals surface area contributed by atoms with Crippen molar-refractivity contribution in [3.05, 3.63) is 51.6 Å². The second kappa shape index (κ2) is 20.0. The lowest BCUT2D eigenvalue weighted by Gasteiger charge is -2.43. The molecule has 4 aliphatic rings. The molecule has 2 aromatic rings. The average molecular weight is 854 g/mol. The van der Waals surface area contributed by atoms with Gasteiger partial charge in [-0.1, -0.05) is 89.2 Å². The van der Waals surface area contributed by atoms with Crippen LogP contribution in [0.1, 0.15) is 172 Å². The number of ether oxygens (including phenoxy) is 3. The maximum Gasteiger partial charge on any atom is 0.220 e. The number of fused-ring (bicyclic) bond motifs is 3. The predicted molar refractivity (Wildman–Crippen MR) is 220 cm³/mol. The number of methoxy groups -OCH3 is 1. The Bertz CT molecular complexity index is 1910. The number of carbonyl (C=O) groups excluding carboxylic acids is 4. The number of carbonyl (C=O) groups is 4. The van der Waals surface area contributed by atoms with Crippen LogP contribution in [-0.2, 0) is 25.5 Å². The number of aliphatic hydroxyl groups excluding tert-OH is 3. The molecule has 0 spiro atoms. The standard InChI is InChI=1S/C46H63NO14/c1-26-39(51)29(47-33(50)18-21-45(44(56)57)19-13-11-9-7-5-3-4-6-8-10-12-14-20-45)22-34(60-26)61-31-24-46(58,32(49)25-48)23-28-36(31)43(55)38-37(41(28)53)40(52)27-16-15-17-30(59-2)35(27)42(38)54/h15-17,26,29,31,34,39,44,48,51,53,55-58H,3-14,18-25H2,1-2H3,(H,47,50)/t26?,29?,31-,34-,39+,46-/m0/s1. The molecule has 1 heterocycles. The molecule has 8 N–H and O–H groups in total. The summed E-state index contributed by atoms with van der Waals surface area (Å²) >= 11 is 0. The topological polar surface area (TPSA) is 250 Å². The fraction of sp³-hybridized carbons (Fsp3) is 0.652. The van der Waals surface area contributed by atoms with Crippen LogP contribution >= 0.6 is 0 Å². The van der Waals surface area contributed by atoms with Crippen LogP contribution in [0.2, 0.25) is 0 Å². The largest absolute Gasteiger partial charge is 0.507 e. The second-order valence-electron chi connectivity index (χ2n) is 17.6. The Morgan fingerprint density at radius 1 is 0.885 bits per heavy atom. The van der Waals surface area contributed by atoms with Crippen molar-refractivity contribution < 1.29 is 69.1 Å². The number of phenols is 2. The number of ketones is 3. The molecule has 6 rings (SSSR count). The smallest absolute Gasteiger partial charge is 0.220 e. The van der Waals surface area contributed by atoms with E-state index in [2.05, 4.69) is 5.32 Å². The van der Waals surface area contributed by atoms with Crippen molar-refractivity contribution in [1.29, 1.82) is 0 Å². The molecule has 1 saturated carbocycles. The lowest BCUT2D eigenvalue weighted by molar-refractivity contribution is -0.249. The van der Waals surface area contributed by atoms with Crippen LogP contribution in [0.25, 0.3) is 0 Å². The fourth-order valence-electron chi connectivity index (χ4n) is 9.98. The monoisotopic (exact) mass is 853 g/mol. The van der Waals surface area contributed by atoms with Crippen molar-refractivity contribution in [3.8, 4) is 17.2 Å². The zero-order valence-corrected chi connectivity index (χ0v) is 35.3. The van der Waals surface area contributed by atoms with Gasteiger partial charge in [0.25, 0.3) is 0 Å². The van der Waals surface area contributed by atoms with Gasteiger partial charge in [0.05, 0.1) is 42.0 Å². The van der Waals surface area contributed by atoms with Crippen LogP contribution in [-0.4, -0.2) is 109 Å². The van der Waals surface area contributed by atoms with Crippen molar-refractivity contribution in [3.63, 3.8) is 0 Å². The van der Waals surface area contributed by atoms with E-state index in [9.17, 15) is 54.9 Å². The first-order valence-corrected chi connectivity index (χ1v) is 22.0. The molecule has 15 nitrogen and oxygen atoms in total. The van der Waals surface area contributed by atoms with Gasteiger partial charge >= 0.3 is 0 Å². The van der Waals surface area contributed by atoms with Crippen molar-refractivity contribution in [2.45, 2.75) is 171 Å². The second-order valence-corrected chi connectivity index (χ2v) is 17.6. The maximum absolute atomic E-state index is 14.0. The number of nitrogens with one attached hydrogen (secondary N) is 1. The summed E-state index contributed by atoms with van der Waals surface area (Å²) in [7, 11) is 1.31. The van der Waals surface area contributed by atoms with Crippen molar-refractivity contribution >= 4 is 23.3 Å². The number of Topliss-reactive ketones (excluding diaryl/α,β-unsaturated/α-hetero) is 1. The fourth-order valence-corrected chi connectivity index (χ4v) is 9.98. The summed E-state index contributed by atoms with van der Waals surface area (Å²) in [6.45, 7) is 0.482. The molecule has 6 atom stereocenters. The summed E-state index contributed by atoms with van der Waals surface area (Å²) in [5, 5.41) is 80.6. The summed E-state index contributed by atoms with van der Waals surface area (Å²) in [6.07, 6.45) is 6.50. The molecule has 2 aromatic carbocycles. The van der Waals surface area contributed by atoms with Gasteiger partial charge < -0.3 is 55.3 Å². The molecule has 1 saturated heterocycles. The number of benzene rings is 2. The van der Waals surface area contributed by atoms with Crippen LogP contribution in [0.3, 0.4) is 0 Å². The van der Waals surface area contributed by atoms with E-state index in [0.29, 0.717) is 12.8 Å². The van der Waals surface area contributed by atoms with Crippen LogP contribution in [0.15, 0.2) is 18.2 Å². The third-order valence-corrected chi connectivity index (χ3v) is 13.6. The first-order valence-electron chi connectivity index (χ1n) is 22.0. The highest BCUT2D eigenvalue weighted by Crippen LogP contribution is 2.52. The molecule has 1 amide bonds. The summed E-state index contributed by atoms with van der Waals surface area (Å²) in [5.41, 5.74) is -4.89. The zero-order chi connectivity index (χ0) is 44.1. The SMILES string of the molecule is COc1cccc2c1C(=O)c1c(O)c3c(c(O)c1C2=O)C[C@@](O)(C(=O)CO)C[C@@H]3O[C@H]1CC(NC(=O)CCC2(C(O)O)CCCCCCCCCCCCCC2)[C@H](O)C(C)O1. The number of hydrogen-bond acceptors (Lipinski definition) is 14. The normalized spacial score (nSPS) is 27.5. The maximum atomic E-state index is 14.0. The summed E-state index contributed by atoms with van der Waals surface area (Å²) < 4.78 is 17.7. The van der Waals surface area contributed by atoms with Crippen molar-refractivity contribution in [1.82, 2.24) is 5.32 Å². The third-order valence-electron chi connectivity index (χ3n) is 13.6. The number of hydrogen-bond donors (Lipinski definition) is 8. The lowest BCUT2D eigenvalue weighted by atomic mass is 9.72. The first kappa shape index (κ1) is 46.5. The molecule has 15 heteroatoms. The summed E-state index contributed by atoms with van der Waals surface area (Å²) in [5.74, 6) is -4.47. The van der Waals surface area contributed by atoms with Crippen molar-refractivity contribution in [2.75, 3.05) is 13.7 Å². The number of rotatable bonds is 10. The van der Waals surface area contributed by atoms with Crippen LogP contribution < -0.4 is 10.1 Å². The van der Waals surface area contributed by atoms with Gasteiger partial charge in [0.2, 0.25) is 11.7 Å². The summed E-state index contributed by atoms with van der Waals surface area (Å²) in [4.78, 5) is 54.5. The van der Waals surface area contributed by atoms with Gasteiger partial charge in [0.15, 0.2) is 24.1 Å². The minimum atomic E-state index is -2.35. The van der Waals surface area contributed by atoms with Crippen molar-refractivity contribution in [2.24, 2.45) is 5.41 Å². The molecule has 1 aliphatic heterocycles. The third kappa shape index (κ3) is 9.83. The molecule has 336 valence electrons. The Balaban J connectivity index is 1.23. The van der Waals surface area contributed by atoms with Gasteiger partial charge in [-0.05, 0) is 32.3 Å². The van der Waals surface area contributed by atoms with E-state index in [4.69, 9.17) is 14.2 Å². The molecule has 0 aromatic heterocycles. The summed E-state index contributed by atoms with van der Waals surface area (Å²) in [6, 6.07) is 3.41. The van der Waals surface area contributed by atoms with E-state index >= 15 is 0 Å². The number of aromatic hydroxyl groups is 2. The molecule has 61 heavy (non-hydrogen) atoms. The van der Waals surface area contributed by atoms with E-state index in [-0.39, 0.29) is 47.3 Å². The van der Waals surface area contributed by atoms with E-state index < -0.39 is 113 Å².